The van der Waals surface area contributed by atoms with Gasteiger partial charge in [-0.2, -0.15) is 18.2 Å². The average molecular weight is 253 g/mol. The van der Waals surface area contributed by atoms with Crippen LogP contribution >= 0.6 is 0 Å². The lowest BCUT2D eigenvalue weighted by Gasteiger charge is -2.11. The van der Waals surface area contributed by atoms with Crippen molar-refractivity contribution in [3.8, 4) is 0 Å². The molecule has 0 aliphatic carbocycles. The van der Waals surface area contributed by atoms with Crippen LogP contribution in [0.25, 0.3) is 0 Å². The number of aliphatic hydroxyl groups excluding tert-OH is 1. The van der Waals surface area contributed by atoms with Crippen molar-refractivity contribution in [3.63, 3.8) is 0 Å². The first kappa shape index (κ1) is 13.9. The summed E-state index contributed by atoms with van der Waals surface area (Å²) in [5, 5.41) is 12.3. The molecular weight excluding hydrogens is 239 g/mol. The lowest BCUT2D eigenvalue weighted by molar-refractivity contribution is -0.204. The Labute approximate surface area is 96.2 Å². The number of hydrogen-bond donors (Lipinski definition) is 1. The van der Waals surface area contributed by atoms with E-state index in [1.807, 2.05) is 19.0 Å². The fourth-order valence-corrected chi connectivity index (χ4v) is 1.08. The first-order chi connectivity index (χ1) is 7.79. The minimum absolute atomic E-state index is 0.205. The van der Waals surface area contributed by atoms with Crippen LogP contribution in [-0.4, -0.2) is 53.1 Å². The summed E-state index contributed by atoms with van der Waals surface area (Å²) < 4.78 is 40.8. The zero-order valence-corrected chi connectivity index (χ0v) is 9.53. The Kier molecular flexibility index (Phi) is 4.47. The maximum absolute atomic E-state index is 12.0. The molecule has 98 valence electrons. The van der Waals surface area contributed by atoms with Gasteiger partial charge >= 0.3 is 6.18 Å². The number of rotatable bonds is 5. The van der Waals surface area contributed by atoms with Gasteiger partial charge in [-0.25, -0.2) is 0 Å². The summed E-state index contributed by atoms with van der Waals surface area (Å²) in [4.78, 5) is 5.66. The molecule has 0 bridgehead atoms. The van der Waals surface area contributed by atoms with Crippen LogP contribution in [0.1, 0.15) is 11.7 Å². The zero-order valence-electron chi connectivity index (χ0n) is 9.53. The molecule has 0 amide bonds. The van der Waals surface area contributed by atoms with Crippen molar-refractivity contribution in [2.45, 2.75) is 25.1 Å². The molecule has 1 aromatic heterocycles. The van der Waals surface area contributed by atoms with Crippen LogP contribution in [0, 0.1) is 0 Å². The first-order valence-electron chi connectivity index (χ1n) is 5.00. The molecule has 1 N–H and O–H groups in total. The van der Waals surface area contributed by atoms with Crippen molar-refractivity contribution in [2.75, 3.05) is 20.6 Å². The summed E-state index contributed by atoms with van der Waals surface area (Å²) in [5.41, 5.74) is 0. The molecule has 0 saturated heterocycles. The van der Waals surface area contributed by atoms with Gasteiger partial charge in [0.2, 0.25) is 5.89 Å². The lowest BCUT2D eigenvalue weighted by Crippen LogP contribution is -2.30. The number of alkyl halides is 3. The lowest BCUT2D eigenvalue weighted by atomic mass is 10.2. The number of aliphatic hydroxyl groups is 1. The Balaban J connectivity index is 2.51. The molecule has 1 heterocycles. The summed E-state index contributed by atoms with van der Waals surface area (Å²) in [6, 6.07) is 0. The standard InChI is InChI=1S/C9H14F3N3O2/c1-15(2)4-3-7-13-8(17-14-7)5-6(16)9(10,11)12/h6,16H,3-5H2,1-2H3. The molecule has 0 radical (unpaired) electrons. The fourth-order valence-electron chi connectivity index (χ4n) is 1.08. The van der Waals surface area contributed by atoms with Crippen LogP contribution in [-0.2, 0) is 12.8 Å². The number of halogens is 3. The molecule has 5 nitrogen and oxygen atoms in total. The highest BCUT2D eigenvalue weighted by atomic mass is 19.4. The van der Waals surface area contributed by atoms with Crippen LogP contribution < -0.4 is 0 Å². The van der Waals surface area contributed by atoms with Gasteiger partial charge in [0.25, 0.3) is 0 Å². The monoisotopic (exact) mass is 253 g/mol. The van der Waals surface area contributed by atoms with Gasteiger partial charge in [0.05, 0.1) is 6.42 Å². The van der Waals surface area contributed by atoms with Crippen LogP contribution in [0.5, 0.6) is 0 Å². The summed E-state index contributed by atoms with van der Waals surface area (Å²) in [6.45, 7) is 0.667. The molecule has 0 aliphatic rings. The van der Waals surface area contributed by atoms with Crippen molar-refractivity contribution >= 4 is 0 Å². The summed E-state index contributed by atoms with van der Waals surface area (Å²) in [6.07, 6.45) is -7.36. The van der Waals surface area contributed by atoms with Gasteiger partial charge in [-0.1, -0.05) is 5.16 Å². The number of aromatic nitrogens is 2. The Morgan fingerprint density at radius 3 is 2.59 bits per heavy atom. The van der Waals surface area contributed by atoms with E-state index < -0.39 is 18.7 Å². The molecule has 1 atom stereocenters. The van der Waals surface area contributed by atoms with Crippen molar-refractivity contribution in [3.05, 3.63) is 11.7 Å². The first-order valence-corrected chi connectivity index (χ1v) is 5.00. The topological polar surface area (TPSA) is 62.4 Å². The van der Waals surface area contributed by atoms with Gasteiger partial charge in [-0.15, -0.1) is 0 Å². The van der Waals surface area contributed by atoms with Gasteiger partial charge in [-0.3, -0.25) is 0 Å². The molecular formula is C9H14F3N3O2. The van der Waals surface area contributed by atoms with Crippen molar-refractivity contribution < 1.29 is 22.8 Å². The molecule has 0 aliphatic heterocycles. The van der Waals surface area contributed by atoms with E-state index in [2.05, 4.69) is 14.7 Å². The van der Waals surface area contributed by atoms with E-state index in [1.54, 1.807) is 0 Å². The molecule has 8 heteroatoms. The molecule has 0 spiro atoms. The largest absolute Gasteiger partial charge is 0.414 e. The third-order valence-electron chi connectivity index (χ3n) is 2.04. The maximum Gasteiger partial charge on any atom is 0.414 e. The molecule has 1 aromatic rings. The highest BCUT2D eigenvalue weighted by Gasteiger charge is 2.39. The van der Waals surface area contributed by atoms with Crippen molar-refractivity contribution in [1.82, 2.24) is 15.0 Å². The predicted octanol–water partition coefficient (Wildman–Crippen LogP) is 0.639. The van der Waals surface area contributed by atoms with Crippen LogP contribution in [0.15, 0.2) is 4.52 Å². The van der Waals surface area contributed by atoms with Gasteiger partial charge in [0.1, 0.15) is 0 Å². The number of nitrogens with zero attached hydrogens (tertiary/aromatic N) is 3. The number of hydrogen-bond acceptors (Lipinski definition) is 5. The Bertz CT molecular complexity index is 352. The Hall–Kier alpha value is -1.15. The minimum atomic E-state index is -4.67. The van der Waals surface area contributed by atoms with E-state index in [0.717, 1.165) is 0 Å². The van der Waals surface area contributed by atoms with E-state index in [1.165, 1.54) is 0 Å². The van der Waals surface area contributed by atoms with Crippen molar-refractivity contribution in [1.29, 1.82) is 0 Å². The molecule has 0 aromatic carbocycles. The third-order valence-corrected chi connectivity index (χ3v) is 2.04. The second kappa shape index (κ2) is 5.46. The molecule has 0 saturated carbocycles. The van der Waals surface area contributed by atoms with E-state index in [9.17, 15) is 13.2 Å². The van der Waals surface area contributed by atoms with Crippen LogP contribution in [0.4, 0.5) is 13.2 Å². The smallest absolute Gasteiger partial charge is 0.383 e. The van der Waals surface area contributed by atoms with E-state index in [0.29, 0.717) is 18.8 Å². The van der Waals surface area contributed by atoms with Gasteiger partial charge in [-0.05, 0) is 14.1 Å². The minimum Gasteiger partial charge on any atom is -0.383 e. The van der Waals surface area contributed by atoms with Crippen molar-refractivity contribution in [2.24, 2.45) is 0 Å². The Morgan fingerprint density at radius 1 is 1.41 bits per heavy atom. The summed E-state index contributed by atoms with van der Waals surface area (Å²) >= 11 is 0. The SMILES string of the molecule is CN(C)CCc1noc(CC(O)C(F)(F)F)n1. The highest BCUT2D eigenvalue weighted by Crippen LogP contribution is 2.22. The van der Waals surface area contributed by atoms with Gasteiger partial charge in [0.15, 0.2) is 11.9 Å². The summed E-state index contributed by atoms with van der Waals surface area (Å²) in [7, 11) is 3.71. The molecule has 1 unspecified atom stereocenters. The van der Waals surface area contributed by atoms with Crippen LogP contribution in [0.2, 0.25) is 0 Å². The Morgan fingerprint density at radius 2 is 2.06 bits per heavy atom. The summed E-state index contributed by atoms with van der Waals surface area (Å²) in [5.74, 6) is 0.131. The highest BCUT2D eigenvalue weighted by molar-refractivity contribution is 4.90. The van der Waals surface area contributed by atoms with Gasteiger partial charge in [0, 0.05) is 13.0 Å². The fraction of sp³-hybridized carbons (Fsp3) is 0.778. The number of likely N-dealkylation sites (N-methyl/N-ethyl adjacent to an activating group) is 1. The molecule has 1 rings (SSSR count). The maximum atomic E-state index is 12.0. The molecule has 0 fully saturated rings. The quantitative estimate of drug-likeness (QED) is 0.834. The molecule has 17 heavy (non-hydrogen) atoms. The van der Waals surface area contributed by atoms with Gasteiger partial charge < -0.3 is 14.5 Å². The second-order valence-electron chi connectivity index (χ2n) is 3.92. The van der Waals surface area contributed by atoms with E-state index >= 15 is 0 Å². The second-order valence-corrected chi connectivity index (χ2v) is 3.92. The normalized spacial score (nSPS) is 14.3. The zero-order chi connectivity index (χ0) is 13.1. The third kappa shape index (κ3) is 4.70. The average Bonchev–Trinajstić information content (AvgIpc) is 2.61. The van der Waals surface area contributed by atoms with Crippen LogP contribution in [0.3, 0.4) is 0 Å². The van der Waals surface area contributed by atoms with E-state index in [4.69, 9.17) is 5.11 Å². The predicted molar refractivity (Wildman–Crippen MR) is 52.3 cm³/mol. The van der Waals surface area contributed by atoms with E-state index in [-0.39, 0.29) is 5.89 Å².